The number of hydrogen-bond donors (Lipinski definition) is 2. The third-order valence-electron chi connectivity index (χ3n) is 2.22. The number of hydrogen-bond acceptors (Lipinski definition) is 4. The molecule has 2 unspecified atom stereocenters. The van der Waals surface area contributed by atoms with Crippen molar-refractivity contribution < 1.29 is 13.2 Å². The van der Waals surface area contributed by atoms with Gasteiger partial charge >= 0.3 is 0 Å². The average Bonchev–Trinajstić information content (AvgIpc) is 2.44. The van der Waals surface area contributed by atoms with E-state index in [0.717, 1.165) is 13.0 Å². The number of carbonyl (C=O) groups excluding carboxylic acids is 1. The van der Waals surface area contributed by atoms with E-state index < -0.39 is 16.2 Å². The van der Waals surface area contributed by atoms with Gasteiger partial charge < -0.3 is 10.6 Å². The lowest BCUT2D eigenvalue weighted by atomic mass is 10.1. The predicted octanol–water partition coefficient (Wildman–Crippen LogP) is -2.10. The molecule has 0 spiro atoms. The lowest BCUT2D eigenvalue weighted by molar-refractivity contribution is -0.114. The Morgan fingerprint density at radius 3 is 2.83 bits per heavy atom. The molecule has 1 amide bonds. The van der Waals surface area contributed by atoms with Crippen LogP contribution in [0.1, 0.15) is 6.42 Å². The van der Waals surface area contributed by atoms with Crippen molar-refractivity contribution in [2.75, 3.05) is 6.54 Å². The van der Waals surface area contributed by atoms with Crippen LogP contribution in [0, 0.1) is 0 Å². The number of rotatable bonds is 0. The Balaban J connectivity index is 2.47. The molecule has 2 N–H and O–H groups in total. The monoisotopic (exact) mass is 188 g/mol. The molecule has 0 bridgehead atoms. The first-order chi connectivity index (χ1) is 5.70. The second kappa shape index (κ2) is 2.56. The summed E-state index contributed by atoms with van der Waals surface area (Å²) in [5, 5.41) is 5.58. The Morgan fingerprint density at radius 2 is 2.17 bits per heavy atom. The Hall–Kier alpha value is -0.880. The van der Waals surface area contributed by atoms with E-state index in [4.69, 9.17) is 0 Å². The number of carbonyl (C=O) groups is 1. The molecule has 2 saturated heterocycles. The van der Waals surface area contributed by atoms with Crippen molar-refractivity contribution in [1.29, 1.82) is 0 Å². The summed E-state index contributed by atoms with van der Waals surface area (Å²) in [6, 6.07) is -0.318. The molecule has 0 aromatic rings. The van der Waals surface area contributed by atoms with Gasteiger partial charge in [-0.1, -0.05) is 0 Å². The fourth-order valence-corrected chi connectivity index (χ4v) is 2.36. The standard InChI is InChI=1S/C6H8N2O3S/c9-6-5(12(10)11)4-3(8-6)1-2-7-4/h3-4,7H,1-2H2,(H,8,9). The van der Waals surface area contributed by atoms with Crippen LogP contribution in [0.5, 0.6) is 0 Å². The van der Waals surface area contributed by atoms with Gasteiger partial charge in [-0.15, -0.1) is 0 Å². The molecule has 5 nitrogen and oxygen atoms in total. The molecular formula is C6H8N2O3S. The summed E-state index contributed by atoms with van der Waals surface area (Å²) in [5.74, 6) is -0.453. The molecule has 12 heavy (non-hydrogen) atoms. The van der Waals surface area contributed by atoms with Gasteiger partial charge in [-0.2, -0.15) is 8.42 Å². The van der Waals surface area contributed by atoms with Gasteiger partial charge in [-0.25, -0.2) is 0 Å². The van der Waals surface area contributed by atoms with Crippen LogP contribution in [0.25, 0.3) is 0 Å². The Labute approximate surface area is 70.7 Å². The second-order valence-corrected chi connectivity index (χ2v) is 3.81. The zero-order valence-electron chi connectivity index (χ0n) is 6.20. The maximum absolute atomic E-state index is 11.0. The predicted molar refractivity (Wildman–Crippen MR) is 42.3 cm³/mol. The van der Waals surface area contributed by atoms with Crippen molar-refractivity contribution in [3.8, 4) is 0 Å². The van der Waals surface area contributed by atoms with E-state index in [2.05, 4.69) is 10.6 Å². The Bertz CT molecular complexity index is 351. The summed E-state index contributed by atoms with van der Waals surface area (Å²) < 4.78 is 21.2. The zero-order valence-corrected chi connectivity index (χ0v) is 7.02. The van der Waals surface area contributed by atoms with Gasteiger partial charge in [0.2, 0.25) is 10.3 Å². The molecule has 2 aliphatic rings. The molecule has 6 heteroatoms. The largest absolute Gasteiger partial charge is 0.347 e. The molecular weight excluding hydrogens is 180 g/mol. The van der Waals surface area contributed by atoms with E-state index in [1.807, 2.05) is 0 Å². The summed E-state index contributed by atoms with van der Waals surface area (Å²) in [4.78, 5) is 11.0. The van der Waals surface area contributed by atoms with Crippen LogP contribution in [0.2, 0.25) is 0 Å². The molecule has 2 aliphatic heterocycles. The molecule has 2 rings (SSSR count). The number of nitrogens with one attached hydrogen (secondary N) is 2. The van der Waals surface area contributed by atoms with E-state index in [1.165, 1.54) is 0 Å². The maximum Gasteiger partial charge on any atom is 0.264 e. The van der Waals surface area contributed by atoms with E-state index >= 15 is 0 Å². The van der Waals surface area contributed by atoms with Gasteiger partial charge in [0, 0.05) is 0 Å². The van der Waals surface area contributed by atoms with Crippen molar-refractivity contribution >= 4 is 21.1 Å². The van der Waals surface area contributed by atoms with E-state index in [9.17, 15) is 13.2 Å². The summed E-state index contributed by atoms with van der Waals surface area (Å²) in [7, 11) is -2.39. The van der Waals surface area contributed by atoms with Gasteiger partial charge in [-0.3, -0.25) is 4.79 Å². The first kappa shape index (κ1) is 7.75. The molecule has 0 radical (unpaired) electrons. The Kier molecular flexibility index (Phi) is 1.66. The number of amides is 1. The molecule has 66 valence electrons. The fourth-order valence-electron chi connectivity index (χ4n) is 1.69. The highest BCUT2D eigenvalue weighted by Crippen LogP contribution is 2.14. The summed E-state index contributed by atoms with van der Waals surface area (Å²) in [6.07, 6.45) is 0.803. The SMILES string of the molecule is O=C1NC2CCNC2C1=S(=O)=O. The Morgan fingerprint density at radius 1 is 1.42 bits per heavy atom. The highest BCUT2D eigenvalue weighted by molar-refractivity contribution is 7.75. The smallest absolute Gasteiger partial charge is 0.264 e. The quantitative estimate of drug-likeness (QED) is 0.427. The minimum Gasteiger partial charge on any atom is -0.347 e. The zero-order chi connectivity index (χ0) is 8.72. The first-order valence-corrected chi connectivity index (χ1v) is 4.78. The van der Waals surface area contributed by atoms with Crippen LogP contribution in [-0.2, 0) is 15.1 Å². The normalized spacial score (nSPS) is 33.3. The van der Waals surface area contributed by atoms with Gasteiger partial charge in [0.15, 0.2) is 4.86 Å². The van der Waals surface area contributed by atoms with Crippen molar-refractivity contribution in [1.82, 2.24) is 10.6 Å². The number of fused-ring (bicyclic) bond motifs is 1. The molecule has 0 aliphatic carbocycles. The summed E-state index contributed by atoms with van der Waals surface area (Å²) in [6.45, 7) is 0.760. The third kappa shape index (κ3) is 0.953. The highest BCUT2D eigenvalue weighted by Gasteiger charge is 2.42. The van der Waals surface area contributed by atoms with Crippen LogP contribution in [0.3, 0.4) is 0 Å². The lowest BCUT2D eigenvalue weighted by Gasteiger charge is -2.04. The molecule has 2 atom stereocenters. The molecule has 0 aromatic carbocycles. The first-order valence-electron chi connectivity index (χ1n) is 3.70. The van der Waals surface area contributed by atoms with Crippen LogP contribution in [0.4, 0.5) is 0 Å². The van der Waals surface area contributed by atoms with E-state index in [1.54, 1.807) is 0 Å². The summed E-state index contributed by atoms with van der Waals surface area (Å²) >= 11 is 0. The van der Waals surface area contributed by atoms with Gasteiger partial charge in [0.1, 0.15) is 0 Å². The second-order valence-electron chi connectivity index (χ2n) is 2.90. The van der Waals surface area contributed by atoms with Crippen LogP contribution >= 0.6 is 0 Å². The van der Waals surface area contributed by atoms with Crippen molar-refractivity contribution in [3.63, 3.8) is 0 Å². The third-order valence-corrected chi connectivity index (χ3v) is 3.02. The minimum atomic E-state index is -2.39. The maximum atomic E-state index is 11.0. The minimum absolute atomic E-state index is 0.0228. The molecule has 0 saturated carbocycles. The van der Waals surface area contributed by atoms with Gasteiger partial charge in [0.05, 0.1) is 12.1 Å². The van der Waals surface area contributed by atoms with Crippen LogP contribution in [0.15, 0.2) is 0 Å². The summed E-state index contributed by atoms with van der Waals surface area (Å²) in [5.41, 5.74) is 0. The van der Waals surface area contributed by atoms with E-state index in [-0.39, 0.29) is 16.9 Å². The molecule has 2 fully saturated rings. The van der Waals surface area contributed by atoms with Gasteiger partial charge in [0.25, 0.3) is 5.91 Å². The van der Waals surface area contributed by atoms with Gasteiger partial charge in [-0.05, 0) is 13.0 Å². The van der Waals surface area contributed by atoms with E-state index in [0.29, 0.717) is 0 Å². The highest BCUT2D eigenvalue weighted by atomic mass is 32.2. The van der Waals surface area contributed by atoms with Crippen LogP contribution < -0.4 is 10.6 Å². The average molecular weight is 188 g/mol. The van der Waals surface area contributed by atoms with Crippen molar-refractivity contribution in [2.45, 2.75) is 18.5 Å². The van der Waals surface area contributed by atoms with Crippen molar-refractivity contribution in [3.05, 3.63) is 0 Å². The fraction of sp³-hybridized carbons (Fsp3) is 0.667. The van der Waals surface area contributed by atoms with Crippen molar-refractivity contribution in [2.24, 2.45) is 0 Å². The molecule has 2 heterocycles. The lowest BCUT2D eigenvalue weighted by Crippen LogP contribution is -2.34. The van der Waals surface area contributed by atoms with Crippen LogP contribution in [-0.4, -0.2) is 37.8 Å². The topological polar surface area (TPSA) is 75.3 Å². The molecule has 0 aromatic heterocycles.